The first-order valence-electron chi connectivity index (χ1n) is 4.49. The third-order valence-electron chi connectivity index (χ3n) is 2.75. The number of hydrogen-bond donors (Lipinski definition) is 1. The van der Waals surface area contributed by atoms with Crippen LogP contribution in [-0.2, 0) is 0 Å². The first-order chi connectivity index (χ1) is 5.95. The molecule has 3 rings (SSSR count). The molecule has 62 valence electrons. The molecule has 2 fully saturated rings. The predicted molar refractivity (Wildman–Crippen MR) is 47.7 cm³/mol. The second-order valence-corrected chi connectivity index (χ2v) is 3.57. The second-order valence-electron chi connectivity index (χ2n) is 3.57. The van der Waals surface area contributed by atoms with Gasteiger partial charge in [0.1, 0.15) is 0 Å². The van der Waals surface area contributed by atoms with E-state index >= 15 is 0 Å². The van der Waals surface area contributed by atoms with Gasteiger partial charge in [-0.3, -0.25) is 10.2 Å². The van der Waals surface area contributed by atoms with E-state index in [1.807, 2.05) is 0 Å². The number of hydrogen-bond acceptors (Lipinski definition) is 2. The van der Waals surface area contributed by atoms with Crippen LogP contribution in [0.4, 0.5) is 0 Å². The van der Waals surface area contributed by atoms with Gasteiger partial charge in [0.2, 0.25) is 0 Å². The van der Waals surface area contributed by atoms with Gasteiger partial charge in [0, 0.05) is 19.1 Å². The summed E-state index contributed by atoms with van der Waals surface area (Å²) < 4.78 is 0. The lowest BCUT2D eigenvalue weighted by atomic mass is 10.2. The Bertz CT molecular complexity index is 283. The smallest absolute Gasteiger partial charge is 0.0865 e. The molecule has 3 atom stereocenters. The second kappa shape index (κ2) is 2.31. The Labute approximate surface area is 72.2 Å². The van der Waals surface area contributed by atoms with Crippen LogP contribution in [0.25, 0.3) is 0 Å². The van der Waals surface area contributed by atoms with Gasteiger partial charge in [0.15, 0.2) is 0 Å². The summed E-state index contributed by atoms with van der Waals surface area (Å²) in [5.74, 6) is 0. The van der Waals surface area contributed by atoms with Gasteiger partial charge in [-0.15, -0.1) is 0 Å². The van der Waals surface area contributed by atoms with Crippen molar-refractivity contribution in [1.29, 1.82) is 0 Å². The van der Waals surface area contributed by atoms with Gasteiger partial charge in [0.25, 0.3) is 0 Å². The highest BCUT2D eigenvalue weighted by molar-refractivity contribution is 5.22. The molecule has 3 unspecified atom stereocenters. The van der Waals surface area contributed by atoms with Crippen molar-refractivity contribution in [3.8, 4) is 0 Å². The standard InChI is InChI=1S/C10H12N2/c1-2-4-8(5-3-1)10-11-6-9-7-12(9)10/h1-5,9-11H,6-7H2. The molecule has 0 saturated carbocycles. The van der Waals surface area contributed by atoms with Gasteiger partial charge in [-0.05, 0) is 5.56 Å². The van der Waals surface area contributed by atoms with E-state index < -0.39 is 0 Å². The van der Waals surface area contributed by atoms with Crippen LogP contribution in [0.3, 0.4) is 0 Å². The fourth-order valence-electron chi connectivity index (χ4n) is 2.00. The van der Waals surface area contributed by atoms with Crippen molar-refractivity contribution < 1.29 is 0 Å². The largest absolute Gasteiger partial charge is 0.296 e. The Morgan fingerprint density at radius 2 is 2.08 bits per heavy atom. The van der Waals surface area contributed by atoms with E-state index in [2.05, 4.69) is 40.5 Å². The van der Waals surface area contributed by atoms with Gasteiger partial charge in [-0.1, -0.05) is 30.3 Å². The lowest BCUT2D eigenvalue weighted by molar-refractivity contribution is 0.404. The van der Waals surface area contributed by atoms with Crippen LogP contribution in [0, 0.1) is 0 Å². The number of nitrogens with zero attached hydrogens (tertiary/aromatic N) is 1. The van der Waals surface area contributed by atoms with Crippen LogP contribution in [-0.4, -0.2) is 24.0 Å². The van der Waals surface area contributed by atoms with Gasteiger partial charge >= 0.3 is 0 Å². The minimum atomic E-state index is 0.496. The van der Waals surface area contributed by atoms with Crippen molar-refractivity contribution in [3.05, 3.63) is 35.9 Å². The minimum absolute atomic E-state index is 0.496. The van der Waals surface area contributed by atoms with Gasteiger partial charge in [-0.2, -0.15) is 0 Å². The molecule has 0 aromatic heterocycles. The van der Waals surface area contributed by atoms with Crippen LogP contribution < -0.4 is 5.32 Å². The molecule has 2 heteroatoms. The summed E-state index contributed by atoms with van der Waals surface area (Å²) in [5.41, 5.74) is 1.40. The average Bonchev–Trinajstić information content (AvgIpc) is 2.80. The first-order valence-corrected chi connectivity index (χ1v) is 4.49. The molecule has 2 aliphatic heterocycles. The lowest BCUT2D eigenvalue weighted by Crippen LogP contribution is -2.21. The molecule has 0 spiro atoms. The molecule has 12 heavy (non-hydrogen) atoms. The third-order valence-corrected chi connectivity index (χ3v) is 2.75. The fourth-order valence-corrected chi connectivity index (χ4v) is 2.00. The monoisotopic (exact) mass is 160 g/mol. The molecule has 0 bridgehead atoms. The number of benzene rings is 1. The molecule has 2 nitrogen and oxygen atoms in total. The number of fused-ring (bicyclic) bond motifs is 1. The Morgan fingerprint density at radius 1 is 1.25 bits per heavy atom. The summed E-state index contributed by atoms with van der Waals surface area (Å²) in [6.07, 6.45) is 0.496. The maximum absolute atomic E-state index is 3.50. The number of rotatable bonds is 1. The van der Waals surface area contributed by atoms with E-state index in [0.717, 1.165) is 6.04 Å². The molecular formula is C10H12N2. The van der Waals surface area contributed by atoms with E-state index in [4.69, 9.17) is 0 Å². The fraction of sp³-hybridized carbons (Fsp3) is 0.400. The van der Waals surface area contributed by atoms with Crippen molar-refractivity contribution >= 4 is 0 Å². The van der Waals surface area contributed by atoms with Gasteiger partial charge in [0.05, 0.1) is 6.17 Å². The normalized spacial score (nSPS) is 37.8. The maximum Gasteiger partial charge on any atom is 0.0865 e. The Balaban J connectivity index is 1.89. The Hall–Kier alpha value is -0.860. The molecule has 0 amide bonds. The maximum atomic E-state index is 3.50. The van der Waals surface area contributed by atoms with E-state index in [0.29, 0.717) is 6.17 Å². The van der Waals surface area contributed by atoms with Crippen LogP contribution >= 0.6 is 0 Å². The van der Waals surface area contributed by atoms with Gasteiger partial charge in [-0.25, -0.2) is 0 Å². The summed E-state index contributed by atoms with van der Waals surface area (Å²) in [6, 6.07) is 11.5. The van der Waals surface area contributed by atoms with Crippen molar-refractivity contribution in [1.82, 2.24) is 10.2 Å². The van der Waals surface area contributed by atoms with Crippen LogP contribution in [0.15, 0.2) is 30.3 Å². The molecular weight excluding hydrogens is 148 g/mol. The molecule has 0 radical (unpaired) electrons. The minimum Gasteiger partial charge on any atom is -0.296 e. The Morgan fingerprint density at radius 3 is 2.67 bits per heavy atom. The van der Waals surface area contributed by atoms with E-state index in [-0.39, 0.29) is 0 Å². The Kier molecular flexibility index (Phi) is 1.28. The number of nitrogens with one attached hydrogen (secondary N) is 1. The van der Waals surface area contributed by atoms with Crippen molar-refractivity contribution in [2.75, 3.05) is 13.1 Å². The summed E-state index contributed by atoms with van der Waals surface area (Å²) in [4.78, 5) is 2.50. The molecule has 1 aromatic rings. The van der Waals surface area contributed by atoms with E-state index in [1.54, 1.807) is 0 Å². The highest BCUT2D eigenvalue weighted by atomic mass is 15.5. The van der Waals surface area contributed by atoms with Crippen LogP contribution in [0.5, 0.6) is 0 Å². The molecule has 1 aromatic carbocycles. The van der Waals surface area contributed by atoms with E-state index in [9.17, 15) is 0 Å². The molecule has 2 heterocycles. The van der Waals surface area contributed by atoms with Crippen molar-refractivity contribution in [2.45, 2.75) is 12.2 Å². The lowest BCUT2D eigenvalue weighted by Gasteiger charge is -2.13. The quantitative estimate of drug-likeness (QED) is 0.616. The zero-order valence-corrected chi connectivity index (χ0v) is 6.90. The molecule has 0 aliphatic carbocycles. The highest BCUT2D eigenvalue weighted by Crippen LogP contribution is 2.34. The summed E-state index contributed by atoms with van der Waals surface area (Å²) in [5, 5.41) is 3.50. The first kappa shape index (κ1) is 6.63. The predicted octanol–water partition coefficient (Wildman–Crippen LogP) is 0.973. The topological polar surface area (TPSA) is 15.0 Å². The zero-order chi connectivity index (χ0) is 7.97. The average molecular weight is 160 g/mol. The third kappa shape index (κ3) is 0.886. The molecule has 2 saturated heterocycles. The van der Waals surface area contributed by atoms with Crippen LogP contribution in [0.1, 0.15) is 11.7 Å². The summed E-state index contributed by atoms with van der Waals surface area (Å²) >= 11 is 0. The molecule has 2 aliphatic rings. The van der Waals surface area contributed by atoms with Crippen LogP contribution in [0.2, 0.25) is 0 Å². The van der Waals surface area contributed by atoms with Crippen molar-refractivity contribution in [2.24, 2.45) is 0 Å². The summed E-state index contributed by atoms with van der Waals surface area (Å²) in [6.45, 7) is 2.45. The van der Waals surface area contributed by atoms with Crippen molar-refractivity contribution in [3.63, 3.8) is 0 Å². The van der Waals surface area contributed by atoms with Gasteiger partial charge < -0.3 is 0 Å². The van der Waals surface area contributed by atoms with E-state index in [1.165, 1.54) is 18.7 Å². The summed E-state index contributed by atoms with van der Waals surface area (Å²) in [7, 11) is 0. The SMILES string of the molecule is c1ccc(C2NCC3CN32)cc1. The highest BCUT2D eigenvalue weighted by Gasteiger charge is 2.45. The molecule has 1 N–H and O–H groups in total. The zero-order valence-electron chi connectivity index (χ0n) is 6.90.